The maximum atomic E-state index is 10.4. The standard InChI is InChI=1S/C19H24N4O/c1-5-6-13-23-17(19(2,3)24)20-21-18(23)22(4)16-12-11-14-9-7-8-10-15(14)16/h1,7-10,16,24H,6,11-13H2,2-4H3. The Kier molecular flexibility index (Phi) is 4.33. The summed E-state index contributed by atoms with van der Waals surface area (Å²) in [6.45, 7) is 4.03. The van der Waals surface area contributed by atoms with Gasteiger partial charge in [0.15, 0.2) is 5.82 Å². The Morgan fingerprint density at radius 3 is 2.83 bits per heavy atom. The molecule has 1 unspecified atom stereocenters. The van der Waals surface area contributed by atoms with E-state index in [0.29, 0.717) is 18.8 Å². The maximum absolute atomic E-state index is 10.4. The summed E-state index contributed by atoms with van der Waals surface area (Å²) in [6.07, 6.45) is 8.13. The Balaban J connectivity index is 1.97. The summed E-state index contributed by atoms with van der Waals surface area (Å²) >= 11 is 0. The van der Waals surface area contributed by atoms with Gasteiger partial charge in [-0.3, -0.25) is 4.57 Å². The van der Waals surface area contributed by atoms with Crippen LogP contribution in [0.3, 0.4) is 0 Å². The van der Waals surface area contributed by atoms with Crippen LogP contribution in [0, 0.1) is 12.3 Å². The van der Waals surface area contributed by atoms with Crippen LogP contribution in [0.2, 0.25) is 0 Å². The van der Waals surface area contributed by atoms with Crippen LogP contribution in [0.25, 0.3) is 0 Å². The van der Waals surface area contributed by atoms with Crippen LogP contribution >= 0.6 is 0 Å². The molecule has 1 N–H and O–H groups in total. The molecule has 0 fully saturated rings. The summed E-state index contributed by atoms with van der Waals surface area (Å²) in [5.74, 6) is 3.96. The predicted molar refractivity (Wildman–Crippen MR) is 94.6 cm³/mol. The van der Waals surface area contributed by atoms with Gasteiger partial charge in [0.25, 0.3) is 0 Å². The minimum absolute atomic E-state index is 0.268. The number of anilines is 1. The van der Waals surface area contributed by atoms with Crippen molar-refractivity contribution in [3.63, 3.8) is 0 Å². The molecule has 0 saturated heterocycles. The van der Waals surface area contributed by atoms with Crippen molar-refractivity contribution in [2.45, 2.75) is 51.3 Å². The van der Waals surface area contributed by atoms with Crippen LogP contribution in [0.5, 0.6) is 0 Å². The lowest BCUT2D eigenvalue weighted by atomic mass is 10.1. The fourth-order valence-corrected chi connectivity index (χ4v) is 3.47. The zero-order valence-electron chi connectivity index (χ0n) is 14.5. The average Bonchev–Trinajstić information content (AvgIpc) is 3.16. The molecule has 24 heavy (non-hydrogen) atoms. The maximum Gasteiger partial charge on any atom is 0.227 e. The van der Waals surface area contributed by atoms with Crippen LogP contribution in [0.1, 0.15) is 49.7 Å². The normalized spacial score (nSPS) is 16.7. The second-order valence-corrected chi connectivity index (χ2v) is 6.85. The number of terminal acetylenes is 1. The van der Waals surface area contributed by atoms with Crippen molar-refractivity contribution in [3.05, 3.63) is 41.2 Å². The molecule has 0 aliphatic heterocycles. The Labute approximate surface area is 143 Å². The molecule has 3 rings (SSSR count). The Bertz CT molecular complexity index is 766. The van der Waals surface area contributed by atoms with E-state index < -0.39 is 5.60 Å². The lowest BCUT2D eigenvalue weighted by Gasteiger charge is -2.27. The Morgan fingerprint density at radius 2 is 2.12 bits per heavy atom. The van der Waals surface area contributed by atoms with E-state index in [0.717, 1.165) is 18.8 Å². The number of benzene rings is 1. The van der Waals surface area contributed by atoms with Crippen LogP contribution < -0.4 is 4.90 Å². The lowest BCUT2D eigenvalue weighted by Crippen LogP contribution is -2.28. The van der Waals surface area contributed by atoms with Crippen LogP contribution in [-0.4, -0.2) is 26.9 Å². The highest BCUT2D eigenvalue weighted by atomic mass is 16.3. The van der Waals surface area contributed by atoms with E-state index in [9.17, 15) is 5.11 Å². The van der Waals surface area contributed by atoms with Gasteiger partial charge in [0.2, 0.25) is 5.95 Å². The van der Waals surface area contributed by atoms with E-state index in [1.807, 2.05) is 11.6 Å². The van der Waals surface area contributed by atoms with Crippen molar-refractivity contribution in [1.82, 2.24) is 14.8 Å². The molecule has 1 aliphatic rings. The van der Waals surface area contributed by atoms with Gasteiger partial charge in [-0.05, 0) is 37.8 Å². The highest BCUT2D eigenvalue weighted by molar-refractivity contribution is 5.43. The molecule has 0 spiro atoms. The molecule has 1 heterocycles. The molecule has 1 aliphatic carbocycles. The first-order valence-corrected chi connectivity index (χ1v) is 8.33. The van der Waals surface area contributed by atoms with Crippen LogP contribution in [-0.2, 0) is 18.6 Å². The monoisotopic (exact) mass is 324 g/mol. The van der Waals surface area contributed by atoms with E-state index in [1.165, 1.54) is 11.1 Å². The van der Waals surface area contributed by atoms with Crippen molar-refractivity contribution in [3.8, 4) is 12.3 Å². The largest absolute Gasteiger partial charge is 0.382 e. The van der Waals surface area contributed by atoms with Gasteiger partial charge >= 0.3 is 0 Å². The molecule has 0 saturated carbocycles. The molecule has 1 aromatic carbocycles. The molecule has 5 nitrogen and oxygen atoms in total. The third-order valence-electron chi connectivity index (χ3n) is 4.64. The predicted octanol–water partition coefficient (Wildman–Crippen LogP) is 2.65. The first-order valence-electron chi connectivity index (χ1n) is 8.33. The fourth-order valence-electron chi connectivity index (χ4n) is 3.47. The Hall–Kier alpha value is -2.32. The molecular weight excluding hydrogens is 300 g/mol. The summed E-state index contributed by atoms with van der Waals surface area (Å²) < 4.78 is 1.95. The van der Waals surface area contributed by atoms with Crippen molar-refractivity contribution in [1.29, 1.82) is 0 Å². The lowest BCUT2D eigenvalue weighted by molar-refractivity contribution is 0.0644. The zero-order chi connectivity index (χ0) is 17.3. The van der Waals surface area contributed by atoms with E-state index in [4.69, 9.17) is 6.42 Å². The number of nitrogens with zero attached hydrogens (tertiary/aromatic N) is 4. The van der Waals surface area contributed by atoms with Gasteiger partial charge in [-0.2, -0.15) is 0 Å². The van der Waals surface area contributed by atoms with Gasteiger partial charge in [0.05, 0.1) is 6.04 Å². The van der Waals surface area contributed by atoms with Crippen LogP contribution in [0.15, 0.2) is 24.3 Å². The first-order chi connectivity index (χ1) is 11.4. The van der Waals surface area contributed by atoms with Gasteiger partial charge in [-0.15, -0.1) is 22.5 Å². The van der Waals surface area contributed by atoms with Crippen molar-refractivity contribution in [2.24, 2.45) is 0 Å². The van der Waals surface area contributed by atoms with Crippen molar-refractivity contribution in [2.75, 3.05) is 11.9 Å². The minimum atomic E-state index is -1.06. The second kappa shape index (κ2) is 6.29. The third-order valence-corrected chi connectivity index (χ3v) is 4.64. The van der Waals surface area contributed by atoms with E-state index in [-0.39, 0.29) is 6.04 Å². The molecule has 0 bridgehead atoms. The summed E-state index contributed by atoms with van der Waals surface area (Å²) in [5, 5.41) is 19.0. The number of hydrogen-bond acceptors (Lipinski definition) is 4. The highest BCUT2D eigenvalue weighted by Crippen LogP contribution is 2.37. The number of fused-ring (bicyclic) bond motifs is 1. The zero-order valence-corrected chi connectivity index (χ0v) is 14.5. The van der Waals surface area contributed by atoms with Crippen molar-refractivity contribution < 1.29 is 5.11 Å². The number of rotatable bonds is 5. The Morgan fingerprint density at radius 1 is 1.38 bits per heavy atom. The van der Waals surface area contributed by atoms with Crippen LogP contribution in [0.4, 0.5) is 5.95 Å². The van der Waals surface area contributed by atoms with Gasteiger partial charge in [-0.1, -0.05) is 24.3 Å². The third kappa shape index (κ3) is 2.90. The van der Waals surface area contributed by atoms with E-state index in [2.05, 4.69) is 45.3 Å². The molecule has 5 heteroatoms. The number of aromatic nitrogens is 3. The SMILES string of the molecule is C#CCCn1c(N(C)C2CCc3ccccc32)nnc1C(C)(C)O. The van der Waals surface area contributed by atoms with Gasteiger partial charge in [0, 0.05) is 20.0 Å². The molecule has 2 aromatic rings. The number of aliphatic hydroxyl groups is 1. The average molecular weight is 324 g/mol. The number of aryl methyl sites for hydroxylation is 1. The van der Waals surface area contributed by atoms with E-state index in [1.54, 1.807) is 13.8 Å². The smallest absolute Gasteiger partial charge is 0.227 e. The van der Waals surface area contributed by atoms with E-state index >= 15 is 0 Å². The minimum Gasteiger partial charge on any atom is -0.382 e. The molecule has 1 aromatic heterocycles. The summed E-state index contributed by atoms with van der Waals surface area (Å²) in [7, 11) is 2.04. The second-order valence-electron chi connectivity index (χ2n) is 6.85. The molecule has 0 radical (unpaired) electrons. The first kappa shape index (κ1) is 16.5. The van der Waals surface area contributed by atoms with Gasteiger partial charge in [0.1, 0.15) is 5.60 Å². The summed E-state index contributed by atoms with van der Waals surface area (Å²) in [5.41, 5.74) is 1.68. The fraction of sp³-hybridized carbons (Fsp3) is 0.474. The summed E-state index contributed by atoms with van der Waals surface area (Å²) in [6, 6.07) is 8.81. The number of hydrogen-bond donors (Lipinski definition) is 1. The molecule has 1 atom stereocenters. The topological polar surface area (TPSA) is 54.2 Å². The highest BCUT2D eigenvalue weighted by Gasteiger charge is 2.31. The molecule has 126 valence electrons. The van der Waals surface area contributed by atoms with Gasteiger partial charge < -0.3 is 10.0 Å². The quantitative estimate of drug-likeness (QED) is 0.859. The summed E-state index contributed by atoms with van der Waals surface area (Å²) in [4.78, 5) is 2.16. The van der Waals surface area contributed by atoms with Crippen molar-refractivity contribution >= 4 is 5.95 Å². The molecular formula is C19H24N4O. The van der Waals surface area contributed by atoms with Gasteiger partial charge in [-0.25, -0.2) is 0 Å². The molecule has 0 amide bonds.